The molecule has 0 saturated carbocycles. The van der Waals surface area contributed by atoms with Crippen molar-refractivity contribution in [3.8, 4) is 0 Å². The molecule has 2 aromatic carbocycles. The first-order valence-electron chi connectivity index (χ1n) is 7.83. The monoisotopic (exact) mass is 347 g/mol. The highest BCUT2D eigenvalue weighted by Gasteiger charge is 2.17. The zero-order valence-electron chi connectivity index (χ0n) is 13.7. The predicted molar refractivity (Wildman–Crippen MR) is 101 cm³/mol. The van der Waals surface area contributed by atoms with Gasteiger partial charge >= 0.3 is 0 Å². The molecule has 0 unspecified atom stereocenters. The zero-order chi connectivity index (χ0) is 16.8. The van der Waals surface area contributed by atoms with Gasteiger partial charge in [0.15, 0.2) is 0 Å². The van der Waals surface area contributed by atoms with Crippen LogP contribution >= 0.6 is 23.4 Å². The van der Waals surface area contributed by atoms with Gasteiger partial charge < -0.3 is 5.32 Å². The minimum Gasteiger partial charge on any atom is -0.325 e. The van der Waals surface area contributed by atoms with Gasteiger partial charge in [-0.15, -0.1) is 11.8 Å². The molecule has 4 heteroatoms. The minimum absolute atomic E-state index is 0.0145. The van der Waals surface area contributed by atoms with Gasteiger partial charge in [-0.2, -0.15) is 0 Å². The molecule has 2 nitrogen and oxygen atoms in total. The summed E-state index contributed by atoms with van der Waals surface area (Å²) in [6, 6.07) is 15.6. The molecule has 0 bridgehead atoms. The number of rotatable bonds is 6. The van der Waals surface area contributed by atoms with E-state index in [9.17, 15) is 4.79 Å². The Morgan fingerprint density at radius 1 is 1.13 bits per heavy atom. The Balaban J connectivity index is 2.05. The molecular weight excluding hydrogens is 326 g/mol. The lowest BCUT2D eigenvalue weighted by molar-refractivity contribution is -0.115. The molecule has 2 aromatic rings. The van der Waals surface area contributed by atoms with Crippen LogP contribution in [-0.2, 0) is 4.79 Å². The third kappa shape index (κ3) is 5.02. The third-order valence-corrected chi connectivity index (χ3v) is 5.22. The van der Waals surface area contributed by atoms with Crippen molar-refractivity contribution in [1.29, 1.82) is 0 Å². The summed E-state index contributed by atoms with van der Waals surface area (Å²) in [7, 11) is 0. The molecule has 122 valence electrons. The molecule has 1 amide bonds. The van der Waals surface area contributed by atoms with Crippen molar-refractivity contribution >= 4 is 35.0 Å². The largest absolute Gasteiger partial charge is 0.325 e. The molecule has 0 radical (unpaired) electrons. The van der Waals surface area contributed by atoms with Gasteiger partial charge in [-0.3, -0.25) is 4.79 Å². The maximum absolute atomic E-state index is 12.5. The number of carbonyl (C=O) groups is 1. The Bertz CT molecular complexity index is 657. The summed E-state index contributed by atoms with van der Waals surface area (Å²) >= 11 is 7.42. The lowest BCUT2D eigenvalue weighted by Crippen LogP contribution is -2.23. The van der Waals surface area contributed by atoms with Crippen LogP contribution in [0.25, 0.3) is 0 Å². The van der Waals surface area contributed by atoms with Crippen molar-refractivity contribution in [2.24, 2.45) is 0 Å². The number of amides is 1. The number of thioether (sulfide) groups is 1. The Morgan fingerprint density at radius 2 is 1.78 bits per heavy atom. The lowest BCUT2D eigenvalue weighted by atomic mass is 9.97. The van der Waals surface area contributed by atoms with Gasteiger partial charge in [0, 0.05) is 15.6 Å². The van der Waals surface area contributed by atoms with Crippen LogP contribution in [0.3, 0.4) is 0 Å². The van der Waals surface area contributed by atoms with Gasteiger partial charge in [-0.25, -0.2) is 0 Å². The fraction of sp³-hybridized carbons (Fsp3) is 0.316. The van der Waals surface area contributed by atoms with Crippen molar-refractivity contribution in [3.63, 3.8) is 0 Å². The van der Waals surface area contributed by atoms with Crippen molar-refractivity contribution < 1.29 is 4.79 Å². The fourth-order valence-corrected chi connectivity index (χ4v) is 3.26. The maximum Gasteiger partial charge on any atom is 0.237 e. The van der Waals surface area contributed by atoms with E-state index in [0.717, 1.165) is 17.0 Å². The Hall–Kier alpha value is -1.45. The van der Waals surface area contributed by atoms with Crippen LogP contribution in [0.4, 0.5) is 5.69 Å². The standard InChI is InChI=1S/C19H22ClNOS/c1-4-13(2)17-7-5-6-8-18(17)21-19(22)14(3)23-16-11-9-15(20)10-12-16/h5-14H,4H2,1-3H3,(H,21,22)/t13-,14-/m1/s1. The molecular formula is C19H22ClNOS. The fourth-order valence-electron chi connectivity index (χ4n) is 2.27. The van der Waals surface area contributed by atoms with Crippen LogP contribution < -0.4 is 5.32 Å². The van der Waals surface area contributed by atoms with E-state index in [0.29, 0.717) is 10.9 Å². The zero-order valence-corrected chi connectivity index (χ0v) is 15.2. The molecule has 0 heterocycles. The summed E-state index contributed by atoms with van der Waals surface area (Å²) in [5.41, 5.74) is 2.10. The smallest absolute Gasteiger partial charge is 0.237 e. The van der Waals surface area contributed by atoms with Crippen molar-refractivity contribution in [2.75, 3.05) is 5.32 Å². The molecule has 2 rings (SSSR count). The van der Waals surface area contributed by atoms with E-state index >= 15 is 0 Å². The van der Waals surface area contributed by atoms with Crippen LogP contribution in [0, 0.1) is 0 Å². The predicted octanol–water partition coefficient (Wildman–Crippen LogP) is 5.97. The van der Waals surface area contributed by atoms with E-state index in [1.54, 1.807) is 0 Å². The molecule has 23 heavy (non-hydrogen) atoms. The first-order chi connectivity index (χ1) is 11.0. The van der Waals surface area contributed by atoms with E-state index in [2.05, 4.69) is 25.2 Å². The highest BCUT2D eigenvalue weighted by molar-refractivity contribution is 8.00. The number of para-hydroxylation sites is 1. The Morgan fingerprint density at radius 3 is 2.43 bits per heavy atom. The van der Waals surface area contributed by atoms with Gasteiger partial charge in [0.1, 0.15) is 0 Å². The Labute approximate surface area is 147 Å². The molecule has 0 aliphatic rings. The van der Waals surface area contributed by atoms with E-state index in [4.69, 9.17) is 11.6 Å². The summed E-state index contributed by atoms with van der Waals surface area (Å²) in [4.78, 5) is 13.5. The van der Waals surface area contributed by atoms with Crippen LogP contribution in [0.5, 0.6) is 0 Å². The SMILES string of the molecule is CC[C@@H](C)c1ccccc1NC(=O)[C@@H](C)Sc1ccc(Cl)cc1. The molecule has 0 aromatic heterocycles. The van der Waals surface area contributed by atoms with E-state index in [1.807, 2.05) is 49.4 Å². The summed E-state index contributed by atoms with van der Waals surface area (Å²) in [6.07, 6.45) is 1.04. The molecule has 0 aliphatic heterocycles. The number of benzene rings is 2. The third-order valence-electron chi connectivity index (χ3n) is 3.86. The molecule has 0 spiro atoms. The number of halogens is 1. The second-order valence-corrected chi connectivity index (χ2v) is 7.45. The second kappa shape index (κ2) is 8.42. The molecule has 0 fully saturated rings. The number of hydrogen-bond donors (Lipinski definition) is 1. The Kier molecular flexibility index (Phi) is 6.55. The first-order valence-corrected chi connectivity index (χ1v) is 9.09. The van der Waals surface area contributed by atoms with Crippen LogP contribution in [0.1, 0.15) is 38.7 Å². The van der Waals surface area contributed by atoms with E-state index in [-0.39, 0.29) is 11.2 Å². The lowest BCUT2D eigenvalue weighted by Gasteiger charge is -2.17. The van der Waals surface area contributed by atoms with Crippen LogP contribution in [0.15, 0.2) is 53.4 Å². The molecule has 2 atom stereocenters. The minimum atomic E-state index is -0.179. The van der Waals surface area contributed by atoms with Crippen LogP contribution in [0.2, 0.25) is 5.02 Å². The number of nitrogens with one attached hydrogen (secondary N) is 1. The number of hydrogen-bond acceptors (Lipinski definition) is 2. The molecule has 1 N–H and O–H groups in total. The highest BCUT2D eigenvalue weighted by Crippen LogP contribution is 2.29. The highest BCUT2D eigenvalue weighted by atomic mass is 35.5. The summed E-state index contributed by atoms with van der Waals surface area (Å²) < 4.78 is 0. The van der Waals surface area contributed by atoms with Gasteiger partial charge in [0.25, 0.3) is 0 Å². The van der Waals surface area contributed by atoms with E-state index in [1.165, 1.54) is 17.3 Å². The average Bonchev–Trinajstić information content (AvgIpc) is 2.56. The first kappa shape index (κ1) is 17.9. The summed E-state index contributed by atoms with van der Waals surface area (Å²) in [5.74, 6) is 0.437. The van der Waals surface area contributed by atoms with Crippen molar-refractivity contribution in [3.05, 3.63) is 59.1 Å². The normalized spacial score (nSPS) is 13.4. The second-order valence-electron chi connectivity index (χ2n) is 5.60. The van der Waals surface area contributed by atoms with Gasteiger partial charge in [-0.1, -0.05) is 43.6 Å². The van der Waals surface area contributed by atoms with Crippen molar-refractivity contribution in [1.82, 2.24) is 0 Å². The molecule has 0 aliphatic carbocycles. The van der Waals surface area contributed by atoms with E-state index < -0.39 is 0 Å². The van der Waals surface area contributed by atoms with Crippen LogP contribution in [-0.4, -0.2) is 11.2 Å². The maximum atomic E-state index is 12.5. The number of anilines is 1. The summed E-state index contributed by atoms with van der Waals surface area (Å²) in [5, 5.41) is 3.59. The quantitative estimate of drug-likeness (QED) is 0.652. The molecule has 0 saturated heterocycles. The van der Waals surface area contributed by atoms with Gasteiger partial charge in [-0.05, 0) is 55.2 Å². The van der Waals surface area contributed by atoms with Gasteiger partial charge in [0.2, 0.25) is 5.91 Å². The topological polar surface area (TPSA) is 29.1 Å². The number of carbonyl (C=O) groups excluding carboxylic acids is 1. The van der Waals surface area contributed by atoms with Crippen molar-refractivity contribution in [2.45, 2.75) is 43.3 Å². The average molecular weight is 348 g/mol. The van der Waals surface area contributed by atoms with Gasteiger partial charge in [0.05, 0.1) is 5.25 Å². The summed E-state index contributed by atoms with van der Waals surface area (Å²) in [6.45, 7) is 6.25.